The summed E-state index contributed by atoms with van der Waals surface area (Å²) in [4.78, 5) is 22.5. The van der Waals surface area contributed by atoms with E-state index < -0.39 is 6.03 Å². The number of carbonyl (C=O) groups excluding carboxylic acids is 2. The van der Waals surface area contributed by atoms with E-state index >= 15 is 0 Å². The number of imide groups is 1. The maximum absolute atomic E-state index is 11.4. The SMILES string of the molecule is Cc1ccc(NC(=O)NC(=O)CCCl)cc1C. The van der Waals surface area contributed by atoms with Crippen LogP contribution in [0.2, 0.25) is 0 Å². The first-order valence-corrected chi connectivity index (χ1v) is 5.80. The lowest BCUT2D eigenvalue weighted by Gasteiger charge is -2.08. The monoisotopic (exact) mass is 254 g/mol. The Morgan fingerprint density at radius 1 is 1.24 bits per heavy atom. The first kappa shape index (κ1) is 13.5. The van der Waals surface area contributed by atoms with E-state index in [2.05, 4.69) is 10.6 Å². The van der Waals surface area contributed by atoms with E-state index in [4.69, 9.17) is 11.6 Å². The van der Waals surface area contributed by atoms with E-state index in [1.54, 1.807) is 6.07 Å². The Balaban J connectivity index is 2.56. The van der Waals surface area contributed by atoms with Crippen molar-refractivity contribution in [2.45, 2.75) is 20.3 Å². The highest BCUT2D eigenvalue weighted by Crippen LogP contribution is 2.13. The van der Waals surface area contributed by atoms with Crippen molar-refractivity contribution in [1.82, 2.24) is 5.32 Å². The van der Waals surface area contributed by atoms with Gasteiger partial charge in [0.1, 0.15) is 0 Å². The summed E-state index contributed by atoms with van der Waals surface area (Å²) in [5, 5.41) is 4.78. The maximum atomic E-state index is 11.4. The van der Waals surface area contributed by atoms with Gasteiger partial charge in [0, 0.05) is 18.0 Å². The molecule has 0 bridgehead atoms. The van der Waals surface area contributed by atoms with Gasteiger partial charge in [-0.05, 0) is 37.1 Å². The minimum atomic E-state index is -0.539. The number of carbonyl (C=O) groups is 2. The highest BCUT2D eigenvalue weighted by atomic mass is 35.5. The van der Waals surface area contributed by atoms with Crippen molar-refractivity contribution < 1.29 is 9.59 Å². The highest BCUT2D eigenvalue weighted by molar-refractivity contribution is 6.19. The molecule has 0 spiro atoms. The van der Waals surface area contributed by atoms with Crippen molar-refractivity contribution in [3.8, 4) is 0 Å². The molecule has 0 aliphatic carbocycles. The summed E-state index contributed by atoms with van der Waals surface area (Å²) < 4.78 is 0. The number of benzene rings is 1. The molecule has 0 fully saturated rings. The van der Waals surface area contributed by atoms with Gasteiger partial charge in [-0.25, -0.2) is 4.79 Å². The summed E-state index contributed by atoms with van der Waals surface area (Å²) in [5.41, 5.74) is 2.88. The third kappa shape index (κ3) is 4.44. The van der Waals surface area contributed by atoms with Gasteiger partial charge in [0.15, 0.2) is 0 Å². The first-order valence-electron chi connectivity index (χ1n) is 5.27. The van der Waals surface area contributed by atoms with Crippen LogP contribution in [0.4, 0.5) is 10.5 Å². The van der Waals surface area contributed by atoms with Crippen LogP contribution in [-0.4, -0.2) is 17.8 Å². The van der Waals surface area contributed by atoms with Crippen LogP contribution in [0.15, 0.2) is 18.2 Å². The molecule has 0 radical (unpaired) electrons. The van der Waals surface area contributed by atoms with Gasteiger partial charge in [-0.2, -0.15) is 0 Å². The summed E-state index contributed by atoms with van der Waals surface area (Å²) in [6.45, 7) is 3.94. The quantitative estimate of drug-likeness (QED) is 0.815. The molecule has 0 saturated heterocycles. The molecule has 0 aliphatic rings. The van der Waals surface area contributed by atoms with Crippen molar-refractivity contribution in [1.29, 1.82) is 0 Å². The standard InChI is InChI=1S/C12H15ClN2O2/c1-8-3-4-10(7-9(8)2)14-12(17)15-11(16)5-6-13/h3-4,7H,5-6H2,1-2H3,(H2,14,15,16,17). The summed E-state index contributed by atoms with van der Waals surface area (Å²) >= 11 is 5.39. The number of anilines is 1. The second kappa shape index (κ2) is 6.25. The average molecular weight is 255 g/mol. The zero-order valence-corrected chi connectivity index (χ0v) is 10.6. The number of halogens is 1. The van der Waals surface area contributed by atoms with Crippen LogP contribution in [0.1, 0.15) is 17.5 Å². The Morgan fingerprint density at radius 3 is 2.53 bits per heavy atom. The largest absolute Gasteiger partial charge is 0.325 e. The van der Waals surface area contributed by atoms with Crippen molar-refractivity contribution in [3.05, 3.63) is 29.3 Å². The van der Waals surface area contributed by atoms with Gasteiger partial charge in [0.25, 0.3) is 0 Å². The Morgan fingerprint density at radius 2 is 1.94 bits per heavy atom. The second-order valence-electron chi connectivity index (χ2n) is 3.74. The molecular formula is C12H15ClN2O2. The molecule has 2 N–H and O–H groups in total. The van der Waals surface area contributed by atoms with Crippen molar-refractivity contribution >= 4 is 29.2 Å². The fraction of sp³-hybridized carbons (Fsp3) is 0.333. The second-order valence-corrected chi connectivity index (χ2v) is 4.12. The minimum Gasteiger partial charge on any atom is -0.308 e. The number of hydrogen-bond acceptors (Lipinski definition) is 2. The molecule has 1 rings (SSSR count). The summed E-state index contributed by atoms with van der Waals surface area (Å²) in [6.07, 6.45) is 0.127. The van der Waals surface area contributed by atoms with Gasteiger partial charge in [-0.1, -0.05) is 6.07 Å². The summed E-state index contributed by atoms with van der Waals surface area (Å²) in [5.74, 6) is -0.190. The zero-order valence-electron chi connectivity index (χ0n) is 9.84. The number of urea groups is 1. The van der Waals surface area contributed by atoms with Gasteiger partial charge in [-0.3, -0.25) is 10.1 Å². The minimum absolute atomic E-state index is 0.127. The van der Waals surface area contributed by atoms with Crippen LogP contribution in [0.5, 0.6) is 0 Å². The van der Waals surface area contributed by atoms with Crippen molar-refractivity contribution in [2.24, 2.45) is 0 Å². The first-order chi connectivity index (χ1) is 8.02. The number of hydrogen-bond donors (Lipinski definition) is 2. The van der Waals surface area contributed by atoms with E-state index in [1.165, 1.54) is 0 Å². The van der Waals surface area contributed by atoms with E-state index in [0.717, 1.165) is 11.1 Å². The molecule has 3 amide bonds. The highest BCUT2D eigenvalue weighted by Gasteiger charge is 2.07. The van der Waals surface area contributed by atoms with Crippen molar-refractivity contribution in [2.75, 3.05) is 11.2 Å². The average Bonchev–Trinajstić information content (AvgIpc) is 2.23. The summed E-state index contributed by atoms with van der Waals surface area (Å²) in [7, 11) is 0. The zero-order chi connectivity index (χ0) is 12.8. The molecule has 0 atom stereocenters. The van der Waals surface area contributed by atoms with Crippen molar-refractivity contribution in [3.63, 3.8) is 0 Å². The molecule has 5 heteroatoms. The normalized spacial score (nSPS) is 9.82. The van der Waals surface area contributed by atoms with Gasteiger partial charge in [-0.15, -0.1) is 11.6 Å². The molecule has 0 aromatic heterocycles. The molecule has 92 valence electrons. The Labute approximate surface area is 105 Å². The number of alkyl halides is 1. The number of aryl methyl sites for hydroxylation is 2. The lowest BCUT2D eigenvalue weighted by Crippen LogP contribution is -2.34. The molecule has 0 heterocycles. The molecular weight excluding hydrogens is 240 g/mol. The lowest BCUT2D eigenvalue weighted by molar-refractivity contribution is -0.119. The van der Waals surface area contributed by atoms with Crippen LogP contribution < -0.4 is 10.6 Å². The third-order valence-electron chi connectivity index (χ3n) is 2.34. The molecule has 4 nitrogen and oxygen atoms in total. The summed E-state index contributed by atoms with van der Waals surface area (Å²) in [6, 6.07) is 5.00. The fourth-order valence-electron chi connectivity index (χ4n) is 1.26. The number of nitrogens with one attached hydrogen (secondary N) is 2. The Bertz CT molecular complexity index is 433. The van der Waals surface area contributed by atoms with E-state index in [-0.39, 0.29) is 18.2 Å². The molecule has 1 aromatic carbocycles. The number of amides is 3. The van der Waals surface area contributed by atoms with Crippen LogP contribution in [-0.2, 0) is 4.79 Å². The van der Waals surface area contributed by atoms with Gasteiger partial charge in [0.05, 0.1) is 0 Å². The van der Waals surface area contributed by atoms with E-state index in [0.29, 0.717) is 5.69 Å². The Kier molecular flexibility index (Phi) is 4.97. The smallest absolute Gasteiger partial charge is 0.308 e. The topological polar surface area (TPSA) is 58.2 Å². The van der Waals surface area contributed by atoms with Crippen LogP contribution >= 0.6 is 11.6 Å². The number of rotatable bonds is 3. The maximum Gasteiger partial charge on any atom is 0.325 e. The van der Waals surface area contributed by atoms with Crippen LogP contribution in [0.25, 0.3) is 0 Å². The predicted molar refractivity (Wildman–Crippen MR) is 68.4 cm³/mol. The lowest BCUT2D eigenvalue weighted by atomic mass is 10.1. The van der Waals surface area contributed by atoms with Crippen LogP contribution in [0.3, 0.4) is 0 Å². The fourth-order valence-corrected chi connectivity index (χ4v) is 1.43. The predicted octanol–water partition coefficient (Wildman–Crippen LogP) is 2.58. The van der Waals surface area contributed by atoms with Gasteiger partial charge in [0.2, 0.25) is 5.91 Å². The Hall–Kier alpha value is -1.55. The molecule has 17 heavy (non-hydrogen) atoms. The molecule has 0 unspecified atom stereocenters. The van der Waals surface area contributed by atoms with Gasteiger partial charge < -0.3 is 5.32 Å². The van der Waals surface area contributed by atoms with Gasteiger partial charge >= 0.3 is 6.03 Å². The molecule has 0 saturated carbocycles. The molecule has 0 aliphatic heterocycles. The van der Waals surface area contributed by atoms with E-state index in [1.807, 2.05) is 26.0 Å². The molecule has 1 aromatic rings. The van der Waals surface area contributed by atoms with E-state index in [9.17, 15) is 9.59 Å². The van der Waals surface area contributed by atoms with Crippen LogP contribution in [0, 0.1) is 13.8 Å². The third-order valence-corrected chi connectivity index (χ3v) is 2.53.